The topological polar surface area (TPSA) is 9.23 Å². The van der Waals surface area contributed by atoms with Crippen LogP contribution in [0.2, 0.25) is 0 Å². The summed E-state index contributed by atoms with van der Waals surface area (Å²) in [6, 6.07) is 25.1. The molecular formula is C50H31BF15OP. The van der Waals surface area contributed by atoms with E-state index in [1.54, 1.807) is 93.6 Å². The third-order valence-electron chi connectivity index (χ3n) is 11.7. The number of allylic oxidation sites excluding steroid dienone is 2. The molecule has 0 aliphatic heterocycles. The Hall–Kier alpha value is -6.74. The number of halogens is 15. The molecule has 0 aliphatic rings. The lowest BCUT2D eigenvalue weighted by atomic mass is 9.27. The first-order valence-corrected chi connectivity index (χ1v) is 21.8. The van der Waals surface area contributed by atoms with Gasteiger partial charge in [0.1, 0.15) is 63.4 Å². The highest BCUT2D eigenvalue weighted by Crippen LogP contribution is 2.64. The molecule has 0 unspecified atom stereocenters. The molecule has 0 aromatic heterocycles. The van der Waals surface area contributed by atoms with Crippen LogP contribution in [0.4, 0.5) is 65.9 Å². The lowest BCUT2D eigenvalue weighted by molar-refractivity contribution is 0.373. The number of rotatable bonds is 11. The molecule has 0 N–H and O–H groups in total. The summed E-state index contributed by atoms with van der Waals surface area (Å²) in [4.78, 5) is 0. The molecule has 0 saturated heterocycles. The van der Waals surface area contributed by atoms with Gasteiger partial charge in [-0.25, -0.2) is 65.9 Å². The van der Waals surface area contributed by atoms with E-state index in [1.807, 2.05) is 0 Å². The Labute approximate surface area is 379 Å². The van der Waals surface area contributed by atoms with Gasteiger partial charge in [-0.3, -0.25) is 0 Å². The van der Waals surface area contributed by atoms with Crippen LogP contribution < -0.4 is 32.3 Å². The Kier molecular flexibility index (Phi) is 13.3. The van der Waals surface area contributed by atoms with Gasteiger partial charge < -0.3 is 4.65 Å². The molecule has 0 radical (unpaired) electrons. The van der Waals surface area contributed by atoms with E-state index in [-0.39, 0.29) is 5.31 Å². The first-order chi connectivity index (χ1) is 32.1. The quantitative estimate of drug-likeness (QED) is 0.0239. The summed E-state index contributed by atoms with van der Waals surface area (Å²) < 4.78 is 244. The van der Waals surface area contributed by atoms with Crippen LogP contribution in [0, 0.1) is 115 Å². The van der Waals surface area contributed by atoms with Gasteiger partial charge in [0, 0.05) is 11.6 Å². The largest absolute Gasteiger partial charge is 0.702 e. The van der Waals surface area contributed by atoms with Crippen molar-refractivity contribution in [2.75, 3.05) is 0 Å². The maximum Gasteiger partial charge on any atom is 0.266 e. The van der Waals surface area contributed by atoms with Gasteiger partial charge in [0.25, 0.3) is 6.35 Å². The molecular weight excluding hydrogens is 943 g/mol. The van der Waals surface area contributed by atoms with Crippen LogP contribution in [0.25, 0.3) is 5.76 Å². The van der Waals surface area contributed by atoms with Gasteiger partial charge in [-0.15, -0.1) is 0 Å². The normalized spacial score (nSPS) is 12.2. The highest BCUT2D eigenvalue weighted by atomic mass is 31.2. The fraction of sp³-hybridized carbons (Fsp3) is 0.0800. The molecule has 0 fully saturated rings. The van der Waals surface area contributed by atoms with E-state index in [0.29, 0.717) is 38.2 Å². The zero-order valence-corrected chi connectivity index (χ0v) is 36.5. The average Bonchev–Trinajstić information content (AvgIpc) is 3.32. The molecule has 0 atom stereocenters. The molecule has 7 aromatic rings. The summed E-state index contributed by atoms with van der Waals surface area (Å²) in [6.07, 6.45) is -5.60. The predicted octanol–water partition coefficient (Wildman–Crippen LogP) is 11.5. The van der Waals surface area contributed by atoms with Gasteiger partial charge >= 0.3 is 0 Å². The fourth-order valence-corrected chi connectivity index (χ4v) is 13.3. The Bertz CT molecular complexity index is 2880. The summed E-state index contributed by atoms with van der Waals surface area (Å²) in [5.41, 5.74) is -6.99. The van der Waals surface area contributed by atoms with Gasteiger partial charge in [0.15, 0.2) is 52.4 Å². The summed E-state index contributed by atoms with van der Waals surface area (Å²) in [5.74, 6) is -48.4. The minimum Gasteiger partial charge on any atom is -0.702 e. The first-order valence-electron chi connectivity index (χ1n) is 20.0. The van der Waals surface area contributed by atoms with E-state index >= 15 is 52.7 Å². The average molecular weight is 975 g/mol. The number of aryl methyl sites for hydroxylation is 4. The van der Waals surface area contributed by atoms with Crippen molar-refractivity contribution >= 4 is 51.7 Å². The van der Waals surface area contributed by atoms with Gasteiger partial charge in [-0.05, 0) is 62.6 Å². The molecule has 0 amide bonds. The smallest absolute Gasteiger partial charge is 0.266 e. The molecule has 7 aromatic carbocycles. The SMILES string of the molecule is C=C(/C=C(/O[B-](c1c(F)c(F)c(F)c(F)c1F)(c1c(F)c(F)c(F)c(F)c1F)c1c(F)c(F)c(F)c(F)c1F)c1ccc(C)cc1)[P+](c1ccccc1C)(c1ccccc1C)c1ccccc1C. The molecule has 0 saturated carbocycles. The maximum absolute atomic E-state index is 16.7. The molecule has 68 heavy (non-hydrogen) atoms. The van der Waals surface area contributed by atoms with Gasteiger partial charge in [0.2, 0.25) is 0 Å². The van der Waals surface area contributed by atoms with E-state index in [4.69, 9.17) is 4.65 Å². The second-order valence-corrected chi connectivity index (χ2v) is 19.1. The van der Waals surface area contributed by atoms with E-state index in [2.05, 4.69) is 6.58 Å². The summed E-state index contributed by atoms with van der Waals surface area (Å²) in [7, 11) is -3.64. The van der Waals surface area contributed by atoms with Crippen LogP contribution in [0.3, 0.4) is 0 Å². The third kappa shape index (κ3) is 7.55. The van der Waals surface area contributed by atoms with Crippen molar-refractivity contribution in [3.05, 3.63) is 230 Å². The van der Waals surface area contributed by atoms with Gasteiger partial charge in [-0.2, -0.15) is 0 Å². The standard InChI is InChI=1S/C50H31BF15OP/c1-23-18-20-28(21-19-23)29(22-27(5)68(30-15-9-6-12-24(30)2,31-16-10-7-13-25(31)3)32-17-11-8-14-26(32)4)67-51(33-36(52)42(58)48(64)43(59)37(33)53,34-38(54)44(60)49(65)45(61)39(34)55)35-40(56)46(62)50(66)47(63)41(35)57/h6-22H,5H2,1-4H3/b29-22+. The van der Waals surface area contributed by atoms with Gasteiger partial charge in [0.05, 0.1) is 5.76 Å². The second kappa shape index (κ2) is 18.4. The monoisotopic (exact) mass is 974 g/mol. The Morgan fingerprint density at radius 2 is 0.662 bits per heavy atom. The Morgan fingerprint density at radius 1 is 0.397 bits per heavy atom. The van der Waals surface area contributed by atoms with Crippen molar-refractivity contribution in [2.45, 2.75) is 27.7 Å². The van der Waals surface area contributed by atoms with Crippen molar-refractivity contribution in [3.63, 3.8) is 0 Å². The minimum atomic E-state index is -6.47. The van der Waals surface area contributed by atoms with E-state index in [9.17, 15) is 13.2 Å². The van der Waals surface area contributed by atoms with Crippen LogP contribution in [-0.2, 0) is 4.65 Å². The van der Waals surface area contributed by atoms with Crippen molar-refractivity contribution in [2.24, 2.45) is 0 Å². The summed E-state index contributed by atoms with van der Waals surface area (Å²) >= 11 is 0. The van der Waals surface area contributed by atoms with Crippen LogP contribution in [0.5, 0.6) is 0 Å². The fourth-order valence-electron chi connectivity index (χ4n) is 8.56. The van der Waals surface area contributed by atoms with E-state index in [0.717, 1.165) is 18.2 Å². The Balaban J connectivity index is 1.79. The highest BCUT2D eigenvalue weighted by Gasteiger charge is 2.53. The van der Waals surface area contributed by atoms with E-state index in [1.165, 1.54) is 19.1 Å². The zero-order chi connectivity index (χ0) is 49.9. The molecule has 0 heterocycles. The molecule has 350 valence electrons. The minimum absolute atomic E-state index is 0.136. The van der Waals surface area contributed by atoms with Crippen LogP contribution in [0.1, 0.15) is 27.8 Å². The molecule has 0 spiro atoms. The molecule has 0 aliphatic carbocycles. The lowest BCUT2D eigenvalue weighted by Crippen LogP contribution is -2.74. The van der Waals surface area contributed by atoms with Crippen molar-refractivity contribution in [3.8, 4) is 0 Å². The van der Waals surface area contributed by atoms with Crippen molar-refractivity contribution < 1.29 is 70.5 Å². The highest BCUT2D eigenvalue weighted by molar-refractivity contribution is 7.99. The molecule has 7 rings (SSSR count). The van der Waals surface area contributed by atoms with Crippen LogP contribution >= 0.6 is 7.26 Å². The van der Waals surface area contributed by atoms with Crippen LogP contribution in [-0.4, -0.2) is 6.35 Å². The van der Waals surface area contributed by atoms with Crippen molar-refractivity contribution in [1.29, 1.82) is 0 Å². The summed E-state index contributed by atoms with van der Waals surface area (Å²) in [5, 5.41) is 1.46. The number of hydrogen-bond acceptors (Lipinski definition) is 1. The van der Waals surface area contributed by atoms with Gasteiger partial charge in [-0.1, -0.05) is 107 Å². The second-order valence-electron chi connectivity index (χ2n) is 15.8. The predicted molar refractivity (Wildman–Crippen MR) is 232 cm³/mol. The molecule has 18 heteroatoms. The van der Waals surface area contributed by atoms with Crippen LogP contribution in [0.15, 0.2) is 115 Å². The Morgan fingerprint density at radius 3 is 0.941 bits per heavy atom. The zero-order valence-electron chi connectivity index (χ0n) is 35.6. The van der Waals surface area contributed by atoms with E-state index < -0.39 is 129 Å². The maximum atomic E-state index is 16.7. The molecule has 1 nitrogen and oxygen atoms in total. The number of hydrogen-bond donors (Lipinski definition) is 0. The third-order valence-corrected chi connectivity index (χ3v) is 16.4. The summed E-state index contributed by atoms with van der Waals surface area (Å²) in [6.45, 7) is 11.1. The number of benzene rings is 7. The lowest BCUT2D eigenvalue weighted by Gasteiger charge is -2.46. The first kappa shape index (κ1) is 49.2. The molecule has 0 bridgehead atoms. The van der Waals surface area contributed by atoms with Crippen molar-refractivity contribution in [1.82, 2.24) is 0 Å².